The van der Waals surface area contributed by atoms with Crippen molar-refractivity contribution >= 4 is 21.6 Å². The van der Waals surface area contributed by atoms with Gasteiger partial charge in [-0.25, -0.2) is 0 Å². The first kappa shape index (κ1) is 10.8. The van der Waals surface area contributed by atoms with Crippen LogP contribution in [0.15, 0.2) is 22.7 Å². The lowest BCUT2D eigenvalue weighted by atomic mass is 9.88. The van der Waals surface area contributed by atoms with E-state index in [0.29, 0.717) is 0 Å². The van der Waals surface area contributed by atoms with E-state index in [1.165, 1.54) is 0 Å². The van der Waals surface area contributed by atoms with Crippen molar-refractivity contribution in [2.75, 3.05) is 11.9 Å². The summed E-state index contributed by atoms with van der Waals surface area (Å²) in [4.78, 5) is 0. The second-order valence-electron chi connectivity index (χ2n) is 4.97. The first-order chi connectivity index (χ1) is 6.98. The molecule has 1 aliphatic heterocycles. The molecule has 15 heavy (non-hydrogen) atoms. The Hall–Kier alpha value is -0.700. The molecule has 2 rings (SSSR count). The van der Waals surface area contributed by atoms with Crippen LogP contribution in [0.1, 0.15) is 20.8 Å². The van der Waals surface area contributed by atoms with Crippen molar-refractivity contribution in [2.45, 2.75) is 26.9 Å². The predicted molar refractivity (Wildman–Crippen MR) is 66.5 cm³/mol. The molecule has 82 valence electrons. The van der Waals surface area contributed by atoms with Crippen molar-refractivity contribution in [3.8, 4) is 5.75 Å². The van der Waals surface area contributed by atoms with Crippen LogP contribution in [0.5, 0.6) is 5.75 Å². The number of benzene rings is 1. The highest BCUT2D eigenvalue weighted by molar-refractivity contribution is 9.10. The van der Waals surface area contributed by atoms with Gasteiger partial charge < -0.3 is 10.1 Å². The lowest BCUT2D eigenvalue weighted by Crippen LogP contribution is -2.41. The first-order valence-corrected chi connectivity index (χ1v) is 5.97. The number of nitrogens with one attached hydrogen (secondary N) is 1. The number of hydrogen-bond donors (Lipinski definition) is 1. The van der Waals surface area contributed by atoms with Crippen LogP contribution < -0.4 is 10.1 Å². The summed E-state index contributed by atoms with van der Waals surface area (Å²) in [6.07, 6.45) is 0.212. The SMILES string of the molecule is CC(C)(C)C1CNc2cccc(Br)c2O1. The molecule has 0 bridgehead atoms. The molecule has 3 heteroatoms. The lowest BCUT2D eigenvalue weighted by Gasteiger charge is -2.36. The van der Waals surface area contributed by atoms with Crippen LogP contribution >= 0.6 is 15.9 Å². The molecule has 0 radical (unpaired) electrons. The number of anilines is 1. The van der Waals surface area contributed by atoms with Gasteiger partial charge in [0.15, 0.2) is 5.75 Å². The molecule has 0 saturated carbocycles. The average Bonchev–Trinajstić information content (AvgIpc) is 2.16. The normalized spacial score (nSPS) is 20.1. The molecule has 1 aromatic carbocycles. The van der Waals surface area contributed by atoms with Gasteiger partial charge in [-0.3, -0.25) is 0 Å². The van der Waals surface area contributed by atoms with E-state index < -0.39 is 0 Å². The molecule has 0 spiro atoms. The highest BCUT2D eigenvalue weighted by Gasteiger charge is 2.30. The summed E-state index contributed by atoms with van der Waals surface area (Å²) < 4.78 is 7.03. The summed E-state index contributed by atoms with van der Waals surface area (Å²) in [6.45, 7) is 7.45. The number of halogens is 1. The molecule has 1 atom stereocenters. The molecule has 1 heterocycles. The molecule has 1 unspecified atom stereocenters. The summed E-state index contributed by atoms with van der Waals surface area (Å²) in [5.41, 5.74) is 1.23. The summed E-state index contributed by atoms with van der Waals surface area (Å²) >= 11 is 3.51. The Morgan fingerprint density at radius 1 is 1.40 bits per heavy atom. The third kappa shape index (κ3) is 2.12. The quantitative estimate of drug-likeness (QED) is 0.776. The van der Waals surface area contributed by atoms with E-state index in [0.717, 1.165) is 22.5 Å². The summed E-state index contributed by atoms with van der Waals surface area (Å²) in [5, 5.41) is 3.41. The van der Waals surface area contributed by atoms with E-state index in [2.05, 4.69) is 42.0 Å². The molecule has 0 saturated heterocycles. The van der Waals surface area contributed by atoms with Crippen LogP contribution in [0.3, 0.4) is 0 Å². The Morgan fingerprint density at radius 2 is 2.13 bits per heavy atom. The van der Waals surface area contributed by atoms with Crippen LogP contribution in [0.4, 0.5) is 5.69 Å². The van der Waals surface area contributed by atoms with Gasteiger partial charge in [-0.2, -0.15) is 0 Å². The van der Waals surface area contributed by atoms with Crippen LogP contribution in [-0.2, 0) is 0 Å². The van der Waals surface area contributed by atoms with Gasteiger partial charge in [-0.1, -0.05) is 26.8 Å². The van der Waals surface area contributed by atoms with Crippen molar-refractivity contribution in [3.05, 3.63) is 22.7 Å². The predicted octanol–water partition coefficient (Wildman–Crippen LogP) is 3.67. The van der Waals surface area contributed by atoms with Crippen LogP contribution in [0.2, 0.25) is 0 Å². The molecular formula is C12H16BrNO. The zero-order valence-electron chi connectivity index (χ0n) is 9.30. The molecule has 0 fully saturated rings. The van der Waals surface area contributed by atoms with E-state index in [1.807, 2.05) is 18.2 Å². The van der Waals surface area contributed by atoms with Gasteiger partial charge in [0.05, 0.1) is 16.7 Å². The fourth-order valence-corrected chi connectivity index (χ4v) is 2.10. The number of rotatable bonds is 0. The molecule has 1 aliphatic rings. The van der Waals surface area contributed by atoms with E-state index >= 15 is 0 Å². The Morgan fingerprint density at radius 3 is 2.80 bits per heavy atom. The van der Waals surface area contributed by atoms with Gasteiger partial charge in [0, 0.05) is 5.41 Å². The van der Waals surface area contributed by atoms with Gasteiger partial charge >= 0.3 is 0 Å². The zero-order chi connectivity index (χ0) is 11.1. The monoisotopic (exact) mass is 269 g/mol. The fraction of sp³-hybridized carbons (Fsp3) is 0.500. The molecule has 0 aromatic heterocycles. The van der Waals surface area contributed by atoms with Crippen molar-refractivity contribution in [2.24, 2.45) is 5.41 Å². The topological polar surface area (TPSA) is 21.3 Å². The minimum atomic E-state index is 0.153. The second kappa shape index (κ2) is 3.71. The van der Waals surface area contributed by atoms with Crippen molar-refractivity contribution in [1.29, 1.82) is 0 Å². The minimum absolute atomic E-state index is 0.153. The van der Waals surface area contributed by atoms with E-state index in [1.54, 1.807) is 0 Å². The van der Waals surface area contributed by atoms with Gasteiger partial charge in [-0.05, 0) is 28.1 Å². The van der Waals surface area contributed by atoms with E-state index in [4.69, 9.17) is 4.74 Å². The number of fused-ring (bicyclic) bond motifs is 1. The van der Waals surface area contributed by atoms with E-state index in [9.17, 15) is 0 Å². The molecule has 0 aliphatic carbocycles. The first-order valence-electron chi connectivity index (χ1n) is 5.17. The Balaban J connectivity index is 2.30. The zero-order valence-corrected chi connectivity index (χ0v) is 10.9. The fourth-order valence-electron chi connectivity index (χ4n) is 1.64. The molecule has 2 nitrogen and oxygen atoms in total. The van der Waals surface area contributed by atoms with Gasteiger partial charge in [0.2, 0.25) is 0 Å². The molecular weight excluding hydrogens is 254 g/mol. The van der Waals surface area contributed by atoms with Crippen molar-refractivity contribution < 1.29 is 4.74 Å². The third-order valence-electron chi connectivity index (χ3n) is 2.67. The molecule has 1 aromatic rings. The van der Waals surface area contributed by atoms with Gasteiger partial charge in [-0.15, -0.1) is 0 Å². The molecule has 1 N–H and O–H groups in total. The van der Waals surface area contributed by atoms with Crippen molar-refractivity contribution in [1.82, 2.24) is 0 Å². The standard InChI is InChI=1S/C12H16BrNO/c1-12(2,3)10-7-14-9-6-4-5-8(13)11(9)15-10/h4-6,10,14H,7H2,1-3H3. The number of para-hydroxylation sites is 1. The molecule has 0 amide bonds. The van der Waals surface area contributed by atoms with Crippen LogP contribution in [0.25, 0.3) is 0 Å². The second-order valence-corrected chi connectivity index (χ2v) is 5.82. The maximum absolute atomic E-state index is 6.02. The smallest absolute Gasteiger partial charge is 0.157 e. The average molecular weight is 270 g/mol. The lowest BCUT2D eigenvalue weighted by molar-refractivity contribution is 0.0914. The Bertz CT molecular complexity index is 370. The minimum Gasteiger partial charge on any atom is -0.485 e. The number of ether oxygens (including phenoxy) is 1. The largest absolute Gasteiger partial charge is 0.485 e. The van der Waals surface area contributed by atoms with E-state index in [-0.39, 0.29) is 11.5 Å². The number of hydrogen-bond acceptors (Lipinski definition) is 2. The van der Waals surface area contributed by atoms with Crippen LogP contribution in [0, 0.1) is 5.41 Å². The summed E-state index contributed by atoms with van der Waals surface area (Å²) in [7, 11) is 0. The van der Waals surface area contributed by atoms with Gasteiger partial charge in [0.25, 0.3) is 0 Å². The van der Waals surface area contributed by atoms with Crippen molar-refractivity contribution in [3.63, 3.8) is 0 Å². The third-order valence-corrected chi connectivity index (χ3v) is 3.30. The maximum atomic E-state index is 6.02. The maximum Gasteiger partial charge on any atom is 0.157 e. The Labute approximate surface area is 99.1 Å². The van der Waals surface area contributed by atoms with Crippen LogP contribution in [-0.4, -0.2) is 12.6 Å². The summed E-state index contributed by atoms with van der Waals surface area (Å²) in [5.74, 6) is 0.934. The highest BCUT2D eigenvalue weighted by Crippen LogP contribution is 2.39. The summed E-state index contributed by atoms with van der Waals surface area (Å²) in [6, 6.07) is 6.06. The highest BCUT2D eigenvalue weighted by atomic mass is 79.9. The Kier molecular flexibility index (Phi) is 2.67. The van der Waals surface area contributed by atoms with Gasteiger partial charge in [0.1, 0.15) is 6.10 Å².